The van der Waals surface area contributed by atoms with E-state index in [9.17, 15) is 13.6 Å². The van der Waals surface area contributed by atoms with Crippen molar-refractivity contribution >= 4 is 17.3 Å². The zero-order chi connectivity index (χ0) is 20.6. The van der Waals surface area contributed by atoms with Gasteiger partial charge in [-0.25, -0.2) is 13.8 Å². The molecule has 150 valence electrons. The van der Waals surface area contributed by atoms with E-state index in [1.54, 1.807) is 60.2 Å². The molecule has 1 aliphatic rings. The molecule has 3 aromatic heterocycles. The van der Waals surface area contributed by atoms with Gasteiger partial charge in [-0.3, -0.25) is 14.5 Å². The lowest BCUT2D eigenvalue weighted by atomic mass is 10.2. The van der Waals surface area contributed by atoms with E-state index >= 15 is 0 Å². The summed E-state index contributed by atoms with van der Waals surface area (Å²) in [4.78, 5) is 23.0. The van der Waals surface area contributed by atoms with Crippen molar-refractivity contribution in [2.75, 3.05) is 23.3 Å². The SMILES string of the molecule is Cc1ncc(N2CCC(F)(F)C2)cc1NC(=O)c1cccc(-c2cnn(C)c2)n1. The molecule has 0 aliphatic carbocycles. The second kappa shape index (κ2) is 7.23. The summed E-state index contributed by atoms with van der Waals surface area (Å²) in [5.74, 6) is -3.10. The van der Waals surface area contributed by atoms with Crippen LogP contribution in [0.3, 0.4) is 0 Å². The van der Waals surface area contributed by atoms with Crippen molar-refractivity contribution in [2.24, 2.45) is 7.05 Å². The standard InChI is InChI=1S/C20H20F2N6O/c1-13-18(8-15(10-23-13)28-7-6-20(21,22)12-28)26-19(29)17-5-3-4-16(25-17)14-9-24-27(2)11-14/h3-5,8-11H,6-7,12H2,1-2H3,(H,26,29). The molecule has 0 radical (unpaired) electrons. The first-order valence-electron chi connectivity index (χ1n) is 9.18. The number of halogens is 2. The summed E-state index contributed by atoms with van der Waals surface area (Å²) in [5.41, 5.74) is 3.29. The fourth-order valence-corrected chi connectivity index (χ4v) is 3.24. The van der Waals surface area contributed by atoms with Crippen LogP contribution in [0.1, 0.15) is 22.6 Å². The lowest BCUT2D eigenvalue weighted by molar-refractivity contribution is 0.0257. The molecule has 1 fully saturated rings. The summed E-state index contributed by atoms with van der Waals surface area (Å²) in [6.07, 6.45) is 4.85. The highest BCUT2D eigenvalue weighted by Gasteiger charge is 2.38. The van der Waals surface area contributed by atoms with E-state index in [4.69, 9.17) is 0 Å². The van der Waals surface area contributed by atoms with Gasteiger partial charge in [0, 0.05) is 31.8 Å². The molecule has 0 saturated carbocycles. The van der Waals surface area contributed by atoms with Crippen LogP contribution in [0.5, 0.6) is 0 Å². The van der Waals surface area contributed by atoms with Crippen LogP contribution >= 0.6 is 0 Å². The second-order valence-corrected chi connectivity index (χ2v) is 7.12. The van der Waals surface area contributed by atoms with Gasteiger partial charge in [0.25, 0.3) is 11.8 Å². The minimum Gasteiger partial charge on any atom is -0.364 e. The summed E-state index contributed by atoms with van der Waals surface area (Å²) >= 11 is 0. The van der Waals surface area contributed by atoms with E-state index < -0.39 is 11.8 Å². The lowest BCUT2D eigenvalue weighted by Crippen LogP contribution is -2.25. The number of carbonyl (C=O) groups is 1. The first-order valence-corrected chi connectivity index (χ1v) is 9.18. The van der Waals surface area contributed by atoms with Crippen LogP contribution in [0, 0.1) is 6.92 Å². The molecule has 1 saturated heterocycles. The Hall–Kier alpha value is -3.36. The number of carbonyl (C=O) groups excluding carboxylic acids is 1. The largest absolute Gasteiger partial charge is 0.364 e. The number of rotatable bonds is 4. The van der Waals surface area contributed by atoms with E-state index in [2.05, 4.69) is 20.4 Å². The Bertz CT molecular complexity index is 1060. The van der Waals surface area contributed by atoms with Crippen molar-refractivity contribution in [1.29, 1.82) is 0 Å². The Kier molecular flexibility index (Phi) is 4.73. The van der Waals surface area contributed by atoms with Crippen LogP contribution in [0.4, 0.5) is 20.2 Å². The molecular weight excluding hydrogens is 378 g/mol. The molecule has 4 rings (SSSR count). The maximum atomic E-state index is 13.5. The van der Waals surface area contributed by atoms with E-state index in [0.29, 0.717) is 22.8 Å². The number of hydrogen-bond donors (Lipinski definition) is 1. The molecule has 0 spiro atoms. The summed E-state index contributed by atoms with van der Waals surface area (Å²) in [6, 6.07) is 6.84. The average Bonchev–Trinajstić information content (AvgIpc) is 3.29. The maximum Gasteiger partial charge on any atom is 0.274 e. The third kappa shape index (κ3) is 4.08. The number of amides is 1. The van der Waals surface area contributed by atoms with Gasteiger partial charge in [0.05, 0.1) is 41.7 Å². The molecule has 3 aromatic rings. The number of nitrogens with zero attached hydrogens (tertiary/aromatic N) is 5. The topological polar surface area (TPSA) is 75.9 Å². The minimum atomic E-state index is -2.70. The van der Waals surface area contributed by atoms with Crippen molar-refractivity contribution in [3.05, 3.63) is 54.2 Å². The number of pyridine rings is 2. The summed E-state index contributed by atoms with van der Waals surface area (Å²) in [7, 11) is 1.80. The molecule has 0 bridgehead atoms. The van der Waals surface area contributed by atoms with Gasteiger partial charge in [-0.1, -0.05) is 6.07 Å². The summed E-state index contributed by atoms with van der Waals surface area (Å²) in [6.45, 7) is 1.65. The van der Waals surface area contributed by atoms with Crippen molar-refractivity contribution in [3.8, 4) is 11.3 Å². The van der Waals surface area contributed by atoms with Crippen molar-refractivity contribution in [1.82, 2.24) is 19.7 Å². The number of aromatic nitrogens is 4. The molecule has 0 aromatic carbocycles. The van der Waals surface area contributed by atoms with E-state index in [0.717, 1.165) is 5.56 Å². The zero-order valence-electron chi connectivity index (χ0n) is 16.1. The van der Waals surface area contributed by atoms with Crippen LogP contribution in [0.25, 0.3) is 11.3 Å². The highest BCUT2D eigenvalue weighted by Crippen LogP contribution is 2.32. The molecule has 1 amide bonds. The Morgan fingerprint density at radius 1 is 1.28 bits per heavy atom. The van der Waals surface area contributed by atoms with Gasteiger partial charge in [0.15, 0.2) is 0 Å². The van der Waals surface area contributed by atoms with Crippen molar-refractivity contribution in [3.63, 3.8) is 0 Å². The fourth-order valence-electron chi connectivity index (χ4n) is 3.24. The molecule has 0 atom stereocenters. The van der Waals surface area contributed by atoms with E-state index in [1.807, 2.05) is 6.20 Å². The van der Waals surface area contributed by atoms with Crippen LogP contribution in [0.2, 0.25) is 0 Å². The van der Waals surface area contributed by atoms with Gasteiger partial charge in [-0.05, 0) is 25.1 Å². The van der Waals surface area contributed by atoms with E-state index in [1.165, 1.54) is 0 Å². The molecular formula is C20H20F2N6O. The number of alkyl halides is 2. The van der Waals surface area contributed by atoms with Crippen LogP contribution in [-0.2, 0) is 7.05 Å². The number of aryl methyl sites for hydroxylation is 2. The number of anilines is 2. The average molecular weight is 398 g/mol. The highest BCUT2D eigenvalue weighted by molar-refractivity contribution is 6.03. The van der Waals surface area contributed by atoms with Gasteiger partial charge in [0.1, 0.15) is 5.69 Å². The summed E-state index contributed by atoms with van der Waals surface area (Å²) < 4.78 is 28.7. The zero-order valence-corrected chi connectivity index (χ0v) is 16.1. The molecule has 0 unspecified atom stereocenters. The van der Waals surface area contributed by atoms with Gasteiger partial charge < -0.3 is 10.2 Å². The molecule has 29 heavy (non-hydrogen) atoms. The Morgan fingerprint density at radius 3 is 2.79 bits per heavy atom. The van der Waals surface area contributed by atoms with Gasteiger partial charge >= 0.3 is 0 Å². The van der Waals surface area contributed by atoms with Crippen LogP contribution in [-0.4, -0.2) is 44.7 Å². The van der Waals surface area contributed by atoms with E-state index in [-0.39, 0.29) is 25.2 Å². The first-order chi connectivity index (χ1) is 13.8. The summed E-state index contributed by atoms with van der Waals surface area (Å²) in [5, 5.41) is 6.91. The molecule has 4 heterocycles. The minimum absolute atomic E-state index is 0.187. The smallest absolute Gasteiger partial charge is 0.274 e. The number of hydrogen-bond acceptors (Lipinski definition) is 5. The van der Waals surface area contributed by atoms with Gasteiger partial charge in [-0.15, -0.1) is 0 Å². The third-order valence-electron chi connectivity index (χ3n) is 4.84. The Labute approximate surface area is 166 Å². The monoisotopic (exact) mass is 398 g/mol. The molecule has 1 N–H and O–H groups in total. The quantitative estimate of drug-likeness (QED) is 0.730. The predicted molar refractivity (Wildman–Crippen MR) is 105 cm³/mol. The fraction of sp³-hybridized carbons (Fsp3) is 0.300. The second-order valence-electron chi connectivity index (χ2n) is 7.12. The normalized spacial score (nSPS) is 15.5. The molecule has 1 aliphatic heterocycles. The highest BCUT2D eigenvalue weighted by atomic mass is 19.3. The molecule has 9 heteroatoms. The lowest BCUT2D eigenvalue weighted by Gasteiger charge is -2.19. The molecule has 7 nitrogen and oxygen atoms in total. The maximum absolute atomic E-state index is 13.5. The van der Waals surface area contributed by atoms with Gasteiger partial charge in [0.2, 0.25) is 0 Å². The van der Waals surface area contributed by atoms with Crippen LogP contribution < -0.4 is 10.2 Å². The first kappa shape index (κ1) is 19.0. The Morgan fingerprint density at radius 2 is 2.10 bits per heavy atom. The van der Waals surface area contributed by atoms with Crippen molar-refractivity contribution in [2.45, 2.75) is 19.3 Å². The van der Waals surface area contributed by atoms with Crippen LogP contribution in [0.15, 0.2) is 42.9 Å². The van der Waals surface area contributed by atoms with Gasteiger partial charge in [-0.2, -0.15) is 5.10 Å². The van der Waals surface area contributed by atoms with Crippen molar-refractivity contribution < 1.29 is 13.6 Å². The Balaban J connectivity index is 1.55. The third-order valence-corrected chi connectivity index (χ3v) is 4.84. The number of nitrogens with one attached hydrogen (secondary N) is 1. The predicted octanol–water partition coefficient (Wildman–Crippen LogP) is 3.28.